The van der Waals surface area contributed by atoms with Crippen molar-refractivity contribution in [3.05, 3.63) is 35.6 Å². The molecule has 1 unspecified atom stereocenters. The van der Waals surface area contributed by atoms with Crippen LogP contribution < -0.4 is 5.73 Å². The highest BCUT2D eigenvalue weighted by Gasteiger charge is 2.15. The minimum absolute atomic E-state index is 0.140. The van der Waals surface area contributed by atoms with Gasteiger partial charge in [-0.25, -0.2) is 0 Å². The van der Waals surface area contributed by atoms with Gasteiger partial charge in [-0.15, -0.1) is 0 Å². The van der Waals surface area contributed by atoms with Gasteiger partial charge in [-0.05, 0) is 30.2 Å². The monoisotopic (exact) mass is 291 g/mol. The Morgan fingerprint density at radius 2 is 2.14 bits per heavy atom. The first-order chi connectivity index (χ1) is 9.99. The number of aryl methyl sites for hydroxylation is 1. The standard InChI is InChI=1S/C15H17NO5/c1-20-14(17)5-3-9-2-4-13-10(6-9)7-11(21-13)8-12(16)15(18)19/h2,4,6-7,12H,3,5,8,16H2,1H3,(H,18,19). The van der Waals surface area contributed by atoms with Crippen molar-refractivity contribution in [2.75, 3.05) is 7.11 Å². The van der Waals surface area contributed by atoms with E-state index in [-0.39, 0.29) is 12.4 Å². The summed E-state index contributed by atoms with van der Waals surface area (Å²) in [7, 11) is 1.36. The maximum atomic E-state index is 11.1. The number of esters is 1. The molecule has 112 valence electrons. The highest BCUT2D eigenvalue weighted by atomic mass is 16.5. The van der Waals surface area contributed by atoms with Crippen molar-refractivity contribution in [2.45, 2.75) is 25.3 Å². The smallest absolute Gasteiger partial charge is 0.320 e. The van der Waals surface area contributed by atoms with E-state index in [1.807, 2.05) is 12.1 Å². The fourth-order valence-corrected chi connectivity index (χ4v) is 2.06. The first-order valence-electron chi connectivity index (χ1n) is 6.56. The number of nitrogens with two attached hydrogens (primary N) is 1. The molecule has 2 aromatic rings. The van der Waals surface area contributed by atoms with Crippen LogP contribution in [0.15, 0.2) is 28.7 Å². The number of rotatable bonds is 6. The van der Waals surface area contributed by atoms with Gasteiger partial charge in [0.1, 0.15) is 17.4 Å². The zero-order valence-electron chi connectivity index (χ0n) is 11.7. The molecule has 0 aliphatic rings. The molecule has 6 heteroatoms. The Morgan fingerprint density at radius 1 is 1.38 bits per heavy atom. The molecule has 0 saturated carbocycles. The average molecular weight is 291 g/mol. The van der Waals surface area contributed by atoms with Gasteiger partial charge < -0.3 is 20.0 Å². The van der Waals surface area contributed by atoms with E-state index >= 15 is 0 Å². The molecule has 0 bridgehead atoms. The number of hydrogen-bond donors (Lipinski definition) is 2. The molecule has 0 saturated heterocycles. The molecule has 21 heavy (non-hydrogen) atoms. The van der Waals surface area contributed by atoms with Gasteiger partial charge in [-0.2, -0.15) is 0 Å². The van der Waals surface area contributed by atoms with Gasteiger partial charge in [0.25, 0.3) is 0 Å². The highest BCUT2D eigenvalue weighted by molar-refractivity contribution is 5.79. The van der Waals surface area contributed by atoms with Gasteiger partial charge in [-0.3, -0.25) is 9.59 Å². The molecule has 0 amide bonds. The van der Waals surface area contributed by atoms with Crippen LogP contribution in [0, 0.1) is 0 Å². The molecule has 3 N–H and O–H groups in total. The Kier molecular flexibility index (Phi) is 4.59. The lowest BCUT2D eigenvalue weighted by Crippen LogP contribution is -2.32. The van der Waals surface area contributed by atoms with Crippen LogP contribution in [0.5, 0.6) is 0 Å². The number of furan rings is 1. The van der Waals surface area contributed by atoms with Gasteiger partial charge >= 0.3 is 11.9 Å². The third-order valence-electron chi connectivity index (χ3n) is 3.22. The van der Waals surface area contributed by atoms with E-state index in [0.29, 0.717) is 24.2 Å². The van der Waals surface area contributed by atoms with Crippen LogP contribution in [0.25, 0.3) is 11.0 Å². The van der Waals surface area contributed by atoms with Crippen LogP contribution in [0.1, 0.15) is 17.7 Å². The molecule has 1 aromatic heterocycles. The van der Waals surface area contributed by atoms with Crippen LogP contribution in [0.4, 0.5) is 0 Å². The topological polar surface area (TPSA) is 103 Å². The lowest BCUT2D eigenvalue weighted by molar-refractivity contribution is -0.140. The minimum Gasteiger partial charge on any atom is -0.480 e. The summed E-state index contributed by atoms with van der Waals surface area (Å²) >= 11 is 0. The molecule has 0 aliphatic carbocycles. The van der Waals surface area contributed by atoms with Crippen molar-refractivity contribution >= 4 is 22.9 Å². The lowest BCUT2D eigenvalue weighted by atomic mass is 10.1. The molecule has 0 spiro atoms. The van der Waals surface area contributed by atoms with Crippen molar-refractivity contribution in [1.29, 1.82) is 0 Å². The number of carbonyl (C=O) groups excluding carboxylic acids is 1. The molecule has 0 fully saturated rings. The number of fused-ring (bicyclic) bond motifs is 1. The van der Waals surface area contributed by atoms with Crippen molar-refractivity contribution in [3.63, 3.8) is 0 Å². The number of ether oxygens (including phenoxy) is 1. The first kappa shape index (κ1) is 15.1. The van der Waals surface area contributed by atoms with Crippen molar-refractivity contribution < 1.29 is 23.8 Å². The molecular formula is C15H17NO5. The van der Waals surface area contributed by atoms with Crippen LogP contribution in [-0.4, -0.2) is 30.2 Å². The summed E-state index contributed by atoms with van der Waals surface area (Å²) in [5.41, 5.74) is 7.15. The summed E-state index contributed by atoms with van der Waals surface area (Å²) in [6.45, 7) is 0. The van der Waals surface area contributed by atoms with Crippen LogP contribution in [0.2, 0.25) is 0 Å². The van der Waals surface area contributed by atoms with E-state index in [0.717, 1.165) is 10.9 Å². The van der Waals surface area contributed by atoms with Crippen molar-refractivity contribution in [2.24, 2.45) is 5.73 Å². The third-order valence-corrected chi connectivity index (χ3v) is 3.22. The number of methoxy groups -OCH3 is 1. The van der Waals surface area contributed by atoms with E-state index in [9.17, 15) is 9.59 Å². The predicted octanol–water partition coefficient (Wildman–Crippen LogP) is 1.49. The minimum atomic E-state index is -1.06. The Morgan fingerprint density at radius 3 is 2.81 bits per heavy atom. The molecule has 0 aliphatic heterocycles. The van der Waals surface area contributed by atoms with E-state index < -0.39 is 12.0 Å². The number of aliphatic carboxylic acids is 1. The maximum Gasteiger partial charge on any atom is 0.320 e. The van der Waals surface area contributed by atoms with Gasteiger partial charge in [-0.1, -0.05) is 6.07 Å². The summed E-state index contributed by atoms with van der Waals surface area (Å²) < 4.78 is 10.2. The second-order valence-electron chi connectivity index (χ2n) is 4.81. The quantitative estimate of drug-likeness (QED) is 0.782. The number of carbonyl (C=O) groups is 2. The second-order valence-corrected chi connectivity index (χ2v) is 4.81. The summed E-state index contributed by atoms with van der Waals surface area (Å²) in [6, 6.07) is 6.38. The summed E-state index contributed by atoms with van der Waals surface area (Å²) in [6.07, 6.45) is 1.04. The number of benzene rings is 1. The zero-order valence-corrected chi connectivity index (χ0v) is 11.7. The van der Waals surface area contributed by atoms with E-state index in [2.05, 4.69) is 4.74 Å². The first-order valence-corrected chi connectivity index (χ1v) is 6.56. The summed E-state index contributed by atoms with van der Waals surface area (Å²) in [5.74, 6) is -0.783. The summed E-state index contributed by atoms with van der Waals surface area (Å²) in [4.78, 5) is 21.9. The van der Waals surface area contributed by atoms with Crippen molar-refractivity contribution in [3.8, 4) is 0 Å². The normalized spacial score (nSPS) is 12.3. The summed E-state index contributed by atoms with van der Waals surface area (Å²) in [5, 5.41) is 9.66. The van der Waals surface area contributed by atoms with Gasteiger partial charge in [0.05, 0.1) is 7.11 Å². The average Bonchev–Trinajstić information content (AvgIpc) is 2.85. The van der Waals surface area contributed by atoms with Crippen LogP contribution in [0.3, 0.4) is 0 Å². The van der Waals surface area contributed by atoms with E-state index in [1.54, 1.807) is 12.1 Å². The molecule has 6 nitrogen and oxygen atoms in total. The molecule has 1 atom stereocenters. The lowest BCUT2D eigenvalue weighted by Gasteiger charge is -2.01. The Hall–Kier alpha value is -2.34. The van der Waals surface area contributed by atoms with Gasteiger partial charge in [0.15, 0.2) is 0 Å². The maximum absolute atomic E-state index is 11.1. The number of carboxylic acid groups (broad SMARTS) is 1. The largest absolute Gasteiger partial charge is 0.480 e. The third kappa shape index (κ3) is 3.82. The van der Waals surface area contributed by atoms with E-state index in [4.69, 9.17) is 15.3 Å². The molecule has 0 radical (unpaired) electrons. The van der Waals surface area contributed by atoms with Gasteiger partial charge in [0, 0.05) is 18.2 Å². The SMILES string of the molecule is COC(=O)CCc1ccc2oc(CC(N)C(=O)O)cc2c1. The Bertz CT molecular complexity index is 661. The predicted molar refractivity (Wildman–Crippen MR) is 75.9 cm³/mol. The number of carboxylic acids is 1. The van der Waals surface area contributed by atoms with Gasteiger partial charge in [0.2, 0.25) is 0 Å². The zero-order chi connectivity index (χ0) is 15.4. The van der Waals surface area contributed by atoms with Crippen LogP contribution >= 0.6 is 0 Å². The molecule has 1 aromatic carbocycles. The molecule has 2 rings (SSSR count). The second kappa shape index (κ2) is 6.41. The molecular weight excluding hydrogens is 274 g/mol. The molecule has 1 heterocycles. The Labute approximate surface area is 121 Å². The van der Waals surface area contributed by atoms with E-state index in [1.165, 1.54) is 7.11 Å². The highest BCUT2D eigenvalue weighted by Crippen LogP contribution is 2.22. The Balaban J connectivity index is 2.12. The number of hydrogen-bond acceptors (Lipinski definition) is 5. The van der Waals surface area contributed by atoms with Crippen LogP contribution in [-0.2, 0) is 27.2 Å². The fraction of sp³-hybridized carbons (Fsp3) is 0.333. The fourth-order valence-electron chi connectivity index (χ4n) is 2.06. The van der Waals surface area contributed by atoms with Crippen molar-refractivity contribution in [1.82, 2.24) is 0 Å².